The van der Waals surface area contributed by atoms with E-state index in [1.165, 1.54) is 25.1 Å². The number of nitro benzene ring substituents is 1. The van der Waals surface area contributed by atoms with Crippen molar-refractivity contribution in [1.82, 2.24) is 0 Å². The van der Waals surface area contributed by atoms with Crippen LogP contribution in [0.25, 0.3) is 0 Å². The summed E-state index contributed by atoms with van der Waals surface area (Å²) in [5.41, 5.74) is 0.475. The van der Waals surface area contributed by atoms with Crippen molar-refractivity contribution < 1.29 is 14.5 Å². The van der Waals surface area contributed by atoms with Crippen LogP contribution >= 0.6 is 0 Å². The topological polar surface area (TPSA) is 69.4 Å². The Morgan fingerprint density at radius 1 is 1.60 bits per heavy atom. The van der Waals surface area contributed by atoms with Crippen molar-refractivity contribution in [3.05, 3.63) is 46.6 Å². The van der Waals surface area contributed by atoms with Crippen molar-refractivity contribution in [1.29, 1.82) is 0 Å². The second kappa shape index (κ2) is 4.65. The van der Waals surface area contributed by atoms with E-state index in [2.05, 4.69) is 4.74 Å². The second-order valence-electron chi connectivity index (χ2n) is 2.97. The molecule has 0 aliphatic rings. The molecule has 0 bridgehead atoms. The molecule has 0 amide bonds. The first-order valence-electron chi connectivity index (χ1n) is 4.16. The summed E-state index contributed by atoms with van der Waals surface area (Å²) >= 11 is 0. The molecule has 1 aromatic carbocycles. The lowest BCUT2D eigenvalue weighted by Gasteiger charge is -2.02. The Hall–Kier alpha value is -1.75. The lowest BCUT2D eigenvalue weighted by molar-refractivity contribution is -0.385. The molecule has 0 fully saturated rings. The first-order chi connectivity index (χ1) is 7.06. The van der Waals surface area contributed by atoms with E-state index in [1.54, 1.807) is 0 Å². The van der Waals surface area contributed by atoms with Gasteiger partial charge >= 0.3 is 0 Å². The zero-order valence-electron chi connectivity index (χ0n) is 8.10. The van der Waals surface area contributed by atoms with E-state index in [0.29, 0.717) is 11.1 Å². The highest BCUT2D eigenvalue weighted by atomic mass is 16.6. The Bertz CT molecular complexity index is 400. The van der Waals surface area contributed by atoms with Gasteiger partial charge in [0.05, 0.1) is 17.1 Å². The van der Waals surface area contributed by atoms with E-state index >= 15 is 0 Å². The van der Waals surface area contributed by atoms with Gasteiger partial charge in [-0.25, -0.2) is 0 Å². The van der Waals surface area contributed by atoms with Gasteiger partial charge in [-0.05, 0) is 13.0 Å². The molecule has 78 valence electrons. The predicted octanol–water partition coefficient (Wildman–Crippen LogP) is 1.98. The average molecular weight is 207 g/mol. The van der Waals surface area contributed by atoms with Gasteiger partial charge < -0.3 is 4.74 Å². The van der Waals surface area contributed by atoms with Gasteiger partial charge in [0.25, 0.3) is 5.69 Å². The van der Waals surface area contributed by atoms with E-state index < -0.39 is 4.92 Å². The summed E-state index contributed by atoms with van der Waals surface area (Å²) in [4.78, 5) is 21.1. The number of rotatable bonds is 4. The summed E-state index contributed by atoms with van der Waals surface area (Å²) < 4.78 is 4.33. The quantitative estimate of drug-likeness (QED) is 0.430. The number of ether oxygens (including phenoxy) is 1. The summed E-state index contributed by atoms with van der Waals surface area (Å²) in [6, 6.07) is 4.18. The van der Waals surface area contributed by atoms with Crippen molar-refractivity contribution in [2.75, 3.05) is 0 Å². The molecule has 0 aliphatic carbocycles. The van der Waals surface area contributed by atoms with Gasteiger partial charge in [0, 0.05) is 11.6 Å². The van der Waals surface area contributed by atoms with Crippen LogP contribution in [0.3, 0.4) is 0 Å². The Labute approximate surface area is 86.8 Å². The van der Waals surface area contributed by atoms with Crippen molar-refractivity contribution in [2.24, 2.45) is 0 Å². The Kier molecular flexibility index (Phi) is 3.51. The first kappa shape index (κ1) is 11.3. The fourth-order valence-corrected chi connectivity index (χ4v) is 1.16. The first-order valence-corrected chi connectivity index (χ1v) is 4.16. The van der Waals surface area contributed by atoms with Crippen molar-refractivity contribution >= 4 is 11.5 Å². The maximum atomic E-state index is 11.0. The van der Waals surface area contributed by atoms with Crippen LogP contribution in [-0.4, -0.2) is 10.7 Å². The maximum absolute atomic E-state index is 11.0. The summed E-state index contributed by atoms with van der Waals surface area (Å²) in [6.45, 7) is 1.28. The number of Topliss-reactive ketones (excluding diaryl/α,β-unsaturated/α-hetero) is 1. The lowest BCUT2D eigenvalue weighted by Crippen LogP contribution is -2.00. The van der Waals surface area contributed by atoms with E-state index in [9.17, 15) is 14.9 Å². The fourth-order valence-electron chi connectivity index (χ4n) is 1.16. The van der Waals surface area contributed by atoms with E-state index in [1.807, 2.05) is 0 Å². The number of nitro groups is 1. The molecule has 5 nitrogen and oxygen atoms in total. The SMILES string of the molecule is [CH]OCc1ccc(C(C)=O)cc1[N+](=O)[O-]. The monoisotopic (exact) mass is 207 g/mol. The Morgan fingerprint density at radius 3 is 2.73 bits per heavy atom. The molecule has 0 heterocycles. The number of ketones is 1. The molecule has 1 rings (SSSR count). The predicted molar refractivity (Wildman–Crippen MR) is 52.2 cm³/mol. The van der Waals surface area contributed by atoms with Crippen molar-refractivity contribution in [3.63, 3.8) is 0 Å². The van der Waals surface area contributed by atoms with Crippen LogP contribution in [0.2, 0.25) is 0 Å². The number of benzene rings is 1. The minimum absolute atomic E-state index is 0.0610. The third kappa shape index (κ3) is 2.60. The molecule has 0 aromatic heterocycles. The standard InChI is InChI=1S/C10H9NO4/c1-7(12)8-3-4-9(6-15-2)10(5-8)11(13)14/h2-5H,6H2,1H3. The van der Waals surface area contributed by atoms with Gasteiger partial charge in [-0.3, -0.25) is 14.9 Å². The largest absolute Gasteiger partial charge is 0.368 e. The maximum Gasteiger partial charge on any atom is 0.275 e. The van der Waals surface area contributed by atoms with Crippen LogP contribution < -0.4 is 0 Å². The highest BCUT2D eigenvalue weighted by molar-refractivity contribution is 5.94. The molecule has 5 heteroatoms. The minimum atomic E-state index is -0.569. The van der Waals surface area contributed by atoms with Crippen LogP contribution in [0.1, 0.15) is 22.8 Å². The molecule has 0 spiro atoms. The van der Waals surface area contributed by atoms with Crippen molar-refractivity contribution in [2.45, 2.75) is 13.5 Å². The molecular formula is C10H9NO4. The Balaban J connectivity index is 3.20. The molecule has 0 N–H and O–H groups in total. The summed E-state index contributed by atoms with van der Waals surface area (Å²) in [5, 5.41) is 10.7. The normalized spacial score (nSPS) is 10.0. The summed E-state index contributed by atoms with van der Waals surface area (Å²) in [7, 11) is 4.84. The fraction of sp³-hybridized carbons (Fsp3) is 0.200. The number of hydrogen-bond acceptors (Lipinski definition) is 4. The average Bonchev–Trinajstić information content (AvgIpc) is 2.18. The minimum Gasteiger partial charge on any atom is -0.368 e. The van der Waals surface area contributed by atoms with Crippen LogP contribution in [0.5, 0.6) is 0 Å². The van der Waals surface area contributed by atoms with Gasteiger partial charge in [-0.15, -0.1) is 0 Å². The molecule has 0 unspecified atom stereocenters. The smallest absolute Gasteiger partial charge is 0.275 e. The van der Waals surface area contributed by atoms with Crippen LogP contribution in [-0.2, 0) is 11.3 Å². The summed E-state index contributed by atoms with van der Waals surface area (Å²) in [5.74, 6) is -0.224. The van der Waals surface area contributed by atoms with Crippen LogP contribution in [0, 0.1) is 17.2 Å². The van der Waals surface area contributed by atoms with Gasteiger partial charge in [-0.2, -0.15) is 0 Å². The van der Waals surface area contributed by atoms with Crippen LogP contribution in [0.4, 0.5) is 5.69 Å². The van der Waals surface area contributed by atoms with Gasteiger partial charge in [0.1, 0.15) is 7.11 Å². The van der Waals surface area contributed by atoms with E-state index in [4.69, 9.17) is 7.11 Å². The number of carbonyl (C=O) groups excluding carboxylic acids is 1. The number of hydrogen-bond donors (Lipinski definition) is 0. The van der Waals surface area contributed by atoms with E-state index in [-0.39, 0.29) is 18.1 Å². The van der Waals surface area contributed by atoms with Crippen LogP contribution in [0.15, 0.2) is 18.2 Å². The number of nitrogens with zero attached hydrogens (tertiary/aromatic N) is 1. The third-order valence-corrected chi connectivity index (χ3v) is 1.93. The van der Waals surface area contributed by atoms with E-state index in [0.717, 1.165) is 0 Å². The zero-order chi connectivity index (χ0) is 11.4. The van der Waals surface area contributed by atoms with Gasteiger partial charge in [0.15, 0.2) is 5.78 Å². The highest BCUT2D eigenvalue weighted by Crippen LogP contribution is 2.21. The zero-order valence-corrected chi connectivity index (χ0v) is 8.10. The highest BCUT2D eigenvalue weighted by Gasteiger charge is 2.15. The number of carbonyl (C=O) groups is 1. The van der Waals surface area contributed by atoms with Gasteiger partial charge in [0.2, 0.25) is 0 Å². The molecule has 0 saturated carbocycles. The lowest BCUT2D eigenvalue weighted by atomic mass is 10.1. The summed E-state index contributed by atoms with van der Waals surface area (Å²) in [6.07, 6.45) is 0. The molecule has 15 heavy (non-hydrogen) atoms. The third-order valence-electron chi connectivity index (χ3n) is 1.93. The molecule has 0 saturated heterocycles. The van der Waals surface area contributed by atoms with Crippen molar-refractivity contribution in [3.8, 4) is 0 Å². The molecule has 1 aromatic rings. The molecule has 0 atom stereocenters. The molecule has 2 radical (unpaired) electrons. The molecule has 0 aliphatic heterocycles. The second-order valence-corrected chi connectivity index (χ2v) is 2.97. The Morgan fingerprint density at radius 2 is 2.27 bits per heavy atom. The van der Waals surface area contributed by atoms with Gasteiger partial charge in [-0.1, -0.05) is 6.07 Å². The molecular weight excluding hydrogens is 198 g/mol.